The third kappa shape index (κ3) is 3.41. The molecule has 1 N–H and O–H groups in total. The minimum atomic E-state index is 0.829. The monoisotopic (exact) mass is 243 g/mol. The molecule has 0 radical (unpaired) electrons. The molecule has 0 aliphatic carbocycles. The summed E-state index contributed by atoms with van der Waals surface area (Å²) in [4.78, 5) is 14.4. The van der Waals surface area contributed by atoms with E-state index < -0.39 is 0 Å². The second-order valence-electron chi connectivity index (χ2n) is 4.19. The summed E-state index contributed by atoms with van der Waals surface area (Å²) in [5.74, 6) is 1.74. The molecule has 0 unspecified atom stereocenters. The van der Waals surface area contributed by atoms with Crippen LogP contribution in [-0.2, 0) is 6.42 Å². The van der Waals surface area contributed by atoms with Gasteiger partial charge in [-0.05, 0) is 18.1 Å². The Hall–Kier alpha value is -2.17. The maximum Gasteiger partial charge on any atom is 0.133 e. The van der Waals surface area contributed by atoms with Gasteiger partial charge in [0.1, 0.15) is 18.0 Å². The van der Waals surface area contributed by atoms with E-state index in [1.54, 1.807) is 12.5 Å². The second-order valence-corrected chi connectivity index (χ2v) is 4.19. The second kappa shape index (κ2) is 5.95. The van der Waals surface area contributed by atoms with E-state index in [9.17, 15) is 0 Å². The Morgan fingerprint density at radius 3 is 2.89 bits per heavy atom. The first-order chi connectivity index (χ1) is 8.75. The molecule has 0 spiro atoms. The van der Waals surface area contributed by atoms with E-state index in [-0.39, 0.29) is 0 Å². The fraction of sp³-hybridized carbons (Fsp3) is 0.308. The van der Waals surface area contributed by atoms with Crippen LogP contribution in [0.4, 0.5) is 11.6 Å². The van der Waals surface area contributed by atoms with Crippen molar-refractivity contribution in [2.75, 3.05) is 30.9 Å². The molecule has 2 heterocycles. The first-order valence-corrected chi connectivity index (χ1v) is 5.88. The third-order valence-corrected chi connectivity index (χ3v) is 2.55. The number of aromatic nitrogens is 3. The van der Waals surface area contributed by atoms with Crippen molar-refractivity contribution in [3.8, 4) is 0 Å². The molecule has 0 aliphatic rings. The van der Waals surface area contributed by atoms with Crippen LogP contribution in [-0.4, -0.2) is 35.6 Å². The molecule has 2 rings (SSSR count). The van der Waals surface area contributed by atoms with Crippen LogP contribution in [0.1, 0.15) is 5.56 Å². The highest BCUT2D eigenvalue weighted by Crippen LogP contribution is 2.10. The number of nitrogens with zero attached hydrogens (tertiary/aromatic N) is 4. The number of pyridine rings is 1. The van der Waals surface area contributed by atoms with Crippen LogP contribution in [0.25, 0.3) is 0 Å². The lowest BCUT2D eigenvalue weighted by atomic mass is 10.2. The van der Waals surface area contributed by atoms with Crippen LogP contribution in [0.2, 0.25) is 0 Å². The van der Waals surface area contributed by atoms with Crippen LogP contribution in [0.5, 0.6) is 0 Å². The Balaban J connectivity index is 1.89. The SMILES string of the molecule is CN(C)c1cc(NCCc2cccnc2)ncn1. The van der Waals surface area contributed by atoms with Crippen molar-refractivity contribution in [3.63, 3.8) is 0 Å². The first kappa shape index (κ1) is 12.3. The van der Waals surface area contributed by atoms with Gasteiger partial charge in [0.2, 0.25) is 0 Å². The van der Waals surface area contributed by atoms with Gasteiger partial charge in [-0.2, -0.15) is 0 Å². The number of anilines is 2. The van der Waals surface area contributed by atoms with Gasteiger partial charge in [-0.1, -0.05) is 6.07 Å². The Morgan fingerprint density at radius 1 is 1.28 bits per heavy atom. The fourth-order valence-corrected chi connectivity index (χ4v) is 1.57. The highest BCUT2D eigenvalue weighted by molar-refractivity contribution is 5.47. The molecule has 2 aromatic rings. The molecular weight excluding hydrogens is 226 g/mol. The van der Waals surface area contributed by atoms with Crippen LogP contribution in [0.15, 0.2) is 36.9 Å². The predicted molar refractivity (Wildman–Crippen MR) is 72.8 cm³/mol. The molecule has 2 aromatic heterocycles. The van der Waals surface area contributed by atoms with E-state index in [2.05, 4.69) is 26.3 Å². The van der Waals surface area contributed by atoms with Crippen molar-refractivity contribution in [1.82, 2.24) is 15.0 Å². The molecule has 0 saturated carbocycles. The zero-order valence-electron chi connectivity index (χ0n) is 10.7. The number of hydrogen-bond acceptors (Lipinski definition) is 5. The van der Waals surface area contributed by atoms with Crippen LogP contribution in [0.3, 0.4) is 0 Å². The smallest absolute Gasteiger partial charge is 0.133 e. The van der Waals surface area contributed by atoms with E-state index in [0.717, 1.165) is 24.6 Å². The van der Waals surface area contributed by atoms with Gasteiger partial charge in [-0.15, -0.1) is 0 Å². The van der Waals surface area contributed by atoms with Crippen LogP contribution >= 0.6 is 0 Å². The molecule has 0 aromatic carbocycles. The Kier molecular flexibility index (Phi) is 4.06. The fourth-order valence-electron chi connectivity index (χ4n) is 1.57. The van der Waals surface area contributed by atoms with Crippen LogP contribution in [0, 0.1) is 0 Å². The van der Waals surface area contributed by atoms with Gasteiger partial charge in [0.25, 0.3) is 0 Å². The van der Waals surface area contributed by atoms with Crippen molar-refractivity contribution < 1.29 is 0 Å². The minimum Gasteiger partial charge on any atom is -0.370 e. The zero-order chi connectivity index (χ0) is 12.8. The summed E-state index contributed by atoms with van der Waals surface area (Å²) in [6, 6.07) is 5.95. The van der Waals surface area contributed by atoms with Gasteiger partial charge in [-0.25, -0.2) is 9.97 Å². The van der Waals surface area contributed by atoms with E-state index in [1.165, 1.54) is 5.56 Å². The average Bonchev–Trinajstić information content (AvgIpc) is 2.40. The lowest BCUT2D eigenvalue weighted by molar-refractivity contribution is 0.979. The topological polar surface area (TPSA) is 53.9 Å². The predicted octanol–water partition coefficient (Wildman–Crippen LogP) is 1.59. The van der Waals surface area contributed by atoms with Gasteiger partial charge >= 0.3 is 0 Å². The number of hydrogen-bond donors (Lipinski definition) is 1. The lowest BCUT2D eigenvalue weighted by Gasteiger charge is -2.12. The van der Waals surface area contributed by atoms with Crippen molar-refractivity contribution in [2.45, 2.75) is 6.42 Å². The normalized spacial score (nSPS) is 10.1. The molecule has 94 valence electrons. The maximum atomic E-state index is 4.19. The highest BCUT2D eigenvalue weighted by Gasteiger charge is 2.00. The molecule has 0 amide bonds. The van der Waals surface area contributed by atoms with E-state index in [4.69, 9.17) is 0 Å². The van der Waals surface area contributed by atoms with Gasteiger partial charge in [0, 0.05) is 39.1 Å². The summed E-state index contributed by atoms with van der Waals surface area (Å²) in [5, 5.41) is 3.28. The van der Waals surface area contributed by atoms with E-state index >= 15 is 0 Å². The summed E-state index contributed by atoms with van der Waals surface area (Å²) in [5.41, 5.74) is 1.21. The molecule has 0 atom stereocenters. The van der Waals surface area contributed by atoms with Crippen molar-refractivity contribution in [3.05, 3.63) is 42.5 Å². The van der Waals surface area contributed by atoms with Crippen molar-refractivity contribution in [1.29, 1.82) is 0 Å². The van der Waals surface area contributed by atoms with Gasteiger partial charge in [-0.3, -0.25) is 4.98 Å². The number of rotatable bonds is 5. The lowest BCUT2D eigenvalue weighted by Crippen LogP contribution is -2.12. The molecule has 0 aliphatic heterocycles. The quantitative estimate of drug-likeness (QED) is 0.864. The van der Waals surface area contributed by atoms with E-state index in [0.29, 0.717) is 0 Å². The van der Waals surface area contributed by atoms with Gasteiger partial charge in [0.05, 0.1) is 0 Å². The van der Waals surface area contributed by atoms with Crippen LogP contribution < -0.4 is 10.2 Å². The van der Waals surface area contributed by atoms with Gasteiger partial charge < -0.3 is 10.2 Å². The Morgan fingerprint density at radius 2 is 2.17 bits per heavy atom. The van der Waals surface area contributed by atoms with Crippen molar-refractivity contribution in [2.24, 2.45) is 0 Å². The summed E-state index contributed by atoms with van der Waals surface area (Å²) >= 11 is 0. The zero-order valence-corrected chi connectivity index (χ0v) is 10.7. The standard InChI is InChI=1S/C13H17N5/c1-18(2)13-8-12(16-10-17-13)15-7-5-11-4-3-6-14-9-11/h3-4,6,8-10H,5,7H2,1-2H3,(H,15,16,17). The molecular formula is C13H17N5. The highest BCUT2D eigenvalue weighted by atomic mass is 15.2. The molecule has 18 heavy (non-hydrogen) atoms. The maximum absolute atomic E-state index is 4.19. The van der Waals surface area contributed by atoms with Crippen molar-refractivity contribution >= 4 is 11.6 Å². The summed E-state index contributed by atoms with van der Waals surface area (Å²) in [6.07, 6.45) is 6.16. The molecule has 0 bridgehead atoms. The Bertz CT molecular complexity index is 484. The van der Waals surface area contributed by atoms with Gasteiger partial charge in [0.15, 0.2) is 0 Å². The summed E-state index contributed by atoms with van der Waals surface area (Å²) in [6.45, 7) is 0.829. The Labute approximate surface area is 107 Å². The third-order valence-electron chi connectivity index (χ3n) is 2.55. The first-order valence-electron chi connectivity index (χ1n) is 5.88. The molecule has 0 fully saturated rings. The molecule has 5 nitrogen and oxygen atoms in total. The largest absolute Gasteiger partial charge is 0.370 e. The summed E-state index contributed by atoms with van der Waals surface area (Å²) in [7, 11) is 3.92. The molecule has 5 heteroatoms. The molecule has 0 saturated heterocycles. The minimum absolute atomic E-state index is 0.829. The average molecular weight is 243 g/mol. The van der Waals surface area contributed by atoms with E-state index in [1.807, 2.05) is 37.3 Å². The summed E-state index contributed by atoms with van der Waals surface area (Å²) < 4.78 is 0. The number of nitrogens with one attached hydrogen (secondary N) is 1.